The molecular formula is C16H21NO3. The average Bonchev–Trinajstić information content (AvgIpc) is 2.44. The van der Waals surface area contributed by atoms with Crippen molar-refractivity contribution in [2.75, 3.05) is 19.7 Å². The van der Waals surface area contributed by atoms with Crippen molar-refractivity contribution in [3.8, 4) is 0 Å². The molecule has 20 heavy (non-hydrogen) atoms. The summed E-state index contributed by atoms with van der Waals surface area (Å²) in [5, 5.41) is 0. The largest absolute Gasteiger partial charge is 0.465 e. The number of rotatable bonds is 4. The van der Waals surface area contributed by atoms with Gasteiger partial charge in [-0.3, -0.25) is 14.5 Å². The highest BCUT2D eigenvalue weighted by atomic mass is 16.5. The number of likely N-dealkylation sites (tertiary alicyclic amines) is 1. The van der Waals surface area contributed by atoms with Crippen LogP contribution < -0.4 is 0 Å². The third-order valence-corrected chi connectivity index (χ3v) is 3.89. The van der Waals surface area contributed by atoms with Gasteiger partial charge in [0.25, 0.3) is 0 Å². The molecule has 1 aliphatic rings. The van der Waals surface area contributed by atoms with Crippen LogP contribution in [-0.4, -0.2) is 36.3 Å². The first-order valence-electron chi connectivity index (χ1n) is 7.03. The Labute approximate surface area is 119 Å². The number of ketones is 1. The second-order valence-electron chi connectivity index (χ2n) is 5.42. The number of nitrogens with zero attached hydrogens (tertiary/aromatic N) is 1. The lowest BCUT2D eigenvalue weighted by Gasteiger charge is -2.36. The number of hydrogen-bond donors (Lipinski definition) is 0. The standard InChI is InChI=1S/C16H21NO3/c1-3-20-15(19)16(2)9-10-17(12-14(16)18)11-13-7-5-4-6-8-13/h4-8H,3,9-12H2,1-2H3/t16-/m0/s1. The molecule has 1 fully saturated rings. The predicted molar refractivity (Wildman–Crippen MR) is 76.1 cm³/mol. The molecule has 0 unspecified atom stereocenters. The Morgan fingerprint density at radius 2 is 2.05 bits per heavy atom. The summed E-state index contributed by atoms with van der Waals surface area (Å²) in [6.07, 6.45) is 0.525. The van der Waals surface area contributed by atoms with Gasteiger partial charge in [-0.25, -0.2) is 0 Å². The van der Waals surface area contributed by atoms with Crippen molar-refractivity contribution < 1.29 is 14.3 Å². The number of esters is 1. The van der Waals surface area contributed by atoms with E-state index < -0.39 is 5.41 Å². The van der Waals surface area contributed by atoms with Crippen LogP contribution in [0.2, 0.25) is 0 Å². The highest BCUT2D eigenvalue weighted by molar-refractivity contribution is 6.04. The summed E-state index contributed by atoms with van der Waals surface area (Å²) in [4.78, 5) is 26.3. The molecule has 1 aliphatic heterocycles. The van der Waals surface area contributed by atoms with Crippen molar-refractivity contribution in [3.05, 3.63) is 35.9 Å². The van der Waals surface area contributed by atoms with E-state index >= 15 is 0 Å². The molecule has 0 radical (unpaired) electrons. The second-order valence-corrected chi connectivity index (χ2v) is 5.42. The van der Waals surface area contributed by atoms with Crippen molar-refractivity contribution in [1.82, 2.24) is 4.90 Å². The molecule has 1 heterocycles. The lowest BCUT2D eigenvalue weighted by molar-refractivity contribution is -0.162. The van der Waals surface area contributed by atoms with E-state index in [1.165, 1.54) is 5.56 Å². The maximum Gasteiger partial charge on any atom is 0.319 e. The fourth-order valence-corrected chi connectivity index (χ4v) is 2.46. The van der Waals surface area contributed by atoms with Gasteiger partial charge in [0.15, 0.2) is 5.78 Å². The summed E-state index contributed by atoms with van der Waals surface area (Å²) in [6.45, 7) is 5.56. The maximum absolute atomic E-state index is 12.3. The van der Waals surface area contributed by atoms with Crippen LogP contribution in [0.1, 0.15) is 25.8 Å². The lowest BCUT2D eigenvalue weighted by Crippen LogP contribution is -2.50. The van der Waals surface area contributed by atoms with Gasteiger partial charge in [-0.05, 0) is 25.8 Å². The first-order chi connectivity index (χ1) is 9.56. The van der Waals surface area contributed by atoms with Crippen LogP contribution in [0.25, 0.3) is 0 Å². The number of benzene rings is 1. The van der Waals surface area contributed by atoms with E-state index in [1.54, 1.807) is 13.8 Å². The lowest BCUT2D eigenvalue weighted by atomic mass is 9.79. The zero-order chi connectivity index (χ0) is 14.6. The Kier molecular flexibility index (Phi) is 4.55. The van der Waals surface area contributed by atoms with Gasteiger partial charge in [0.05, 0.1) is 13.2 Å². The Balaban J connectivity index is 1.99. The molecule has 1 aromatic rings. The third kappa shape index (κ3) is 3.07. The van der Waals surface area contributed by atoms with Gasteiger partial charge in [0.1, 0.15) is 5.41 Å². The van der Waals surface area contributed by atoms with Gasteiger partial charge in [0, 0.05) is 13.1 Å². The Morgan fingerprint density at radius 3 is 2.65 bits per heavy atom. The number of piperidine rings is 1. The SMILES string of the molecule is CCOC(=O)[C@@]1(C)CCN(Cc2ccccc2)CC1=O. The van der Waals surface area contributed by atoms with Crippen LogP contribution >= 0.6 is 0 Å². The van der Waals surface area contributed by atoms with Crippen LogP contribution in [0.3, 0.4) is 0 Å². The molecule has 0 saturated carbocycles. The predicted octanol–water partition coefficient (Wildman–Crippen LogP) is 2.03. The molecule has 108 valence electrons. The topological polar surface area (TPSA) is 46.6 Å². The molecule has 0 aromatic heterocycles. The van der Waals surface area contributed by atoms with E-state index in [9.17, 15) is 9.59 Å². The summed E-state index contributed by atoms with van der Waals surface area (Å²) in [5.74, 6) is -0.428. The first kappa shape index (κ1) is 14.7. The highest BCUT2D eigenvalue weighted by Crippen LogP contribution is 2.30. The second kappa shape index (κ2) is 6.18. The van der Waals surface area contributed by atoms with E-state index in [0.29, 0.717) is 19.6 Å². The summed E-state index contributed by atoms with van der Waals surface area (Å²) < 4.78 is 5.03. The summed E-state index contributed by atoms with van der Waals surface area (Å²) >= 11 is 0. The van der Waals surface area contributed by atoms with Crippen molar-refractivity contribution in [3.63, 3.8) is 0 Å². The Hall–Kier alpha value is -1.68. The van der Waals surface area contributed by atoms with E-state index in [0.717, 1.165) is 13.1 Å². The molecule has 1 aromatic carbocycles. The molecule has 0 amide bonds. The van der Waals surface area contributed by atoms with Gasteiger partial charge >= 0.3 is 5.97 Å². The highest BCUT2D eigenvalue weighted by Gasteiger charge is 2.45. The van der Waals surface area contributed by atoms with Gasteiger partial charge in [-0.15, -0.1) is 0 Å². The van der Waals surface area contributed by atoms with E-state index in [2.05, 4.69) is 4.90 Å². The van der Waals surface area contributed by atoms with Crippen LogP contribution in [0, 0.1) is 5.41 Å². The van der Waals surface area contributed by atoms with Gasteiger partial charge in [-0.2, -0.15) is 0 Å². The summed E-state index contributed by atoms with van der Waals surface area (Å²) in [7, 11) is 0. The van der Waals surface area contributed by atoms with E-state index in [-0.39, 0.29) is 11.8 Å². The number of carbonyl (C=O) groups is 2. The molecular weight excluding hydrogens is 254 g/mol. The minimum atomic E-state index is -0.969. The van der Waals surface area contributed by atoms with Crippen molar-refractivity contribution >= 4 is 11.8 Å². The smallest absolute Gasteiger partial charge is 0.319 e. The van der Waals surface area contributed by atoms with Gasteiger partial charge < -0.3 is 4.74 Å². The minimum absolute atomic E-state index is 0.0434. The molecule has 2 rings (SSSR count). The summed E-state index contributed by atoms with van der Waals surface area (Å²) in [6, 6.07) is 10.0. The molecule has 4 nitrogen and oxygen atoms in total. The van der Waals surface area contributed by atoms with E-state index in [4.69, 9.17) is 4.74 Å². The van der Waals surface area contributed by atoms with Gasteiger partial charge in [0.2, 0.25) is 0 Å². The number of ether oxygens (including phenoxy) is 1. The molecule has 0 N–H and O–H groups in total. The Bertz CT molecular complexity index is 486. The number of carbonyl (C=O) groups excluding carboxylic acids is 2. The third-order valence-electron chi connectivity index (χ3n) is 3.89. The maximum atomic E-state index is 12.3. The van der Waals surface area contributed by atoms with Crippen molar-refractivity contribution in [1.29, 1.82) is 0 Å². The van der Waals surface area contributed by atoms with Crippen LogP contribution in [0.4, 0.5) is 0 Å². The summed E-state index contributed by atoms with van der Waals surface area (Å²) in [5.41, 5.74) is 0.212. The number of Topliss-reactive ketones (excluding diaryl/α,β-unsaturated/α-hetero) is 1. The minimum Gasteiger partial charge on any atom is -0.465 e. The molecule has 0 spiro atoms. The normalized spacial score (nSPS) is 23.6. The van der Waals surface area contributed by atoms with Crippen LogP contribution in [0.5, 0.6) is 0 Å². The zero-order valence-corrected chi connectivity index (χ0v) is 12.1. The van der Waals surface area contributed by atoms with E-state index in [1.807, 2.05) is 30.3 Å². The average molecular weight is 275 g/mol. The van der Waals surface area contributed by atoms with Crippen molar-refractivity contribution in [2.45, 2.75) is 26.8 Å². The first-order valence-corrected chi connectivity index (χ1v) is 7.03. The molecule has 1 saturated heterocycles. The number of hydrogen-bond acceptors (Lipinski definition) is 4. The fourth-order valence-electron chi connectivity index (χ4n) is 2.46. The van der Waals surface area contributed by atoms with Gasteiger partial charge in [-0.1, -0.05) is 30.3 Å². The molecule has 0 aliphatic carbocycles. The quantitative estimate of drug-likeness (QED) is 0.623. The Morgan fingerprint density at radius 1 is 1.35 bits per heavy atom. The van der Waals surface area contributed by atoms with Crippen LogP contribution in [-0.2, 0) is 20.9 Å². The zero-order valence-electron chi connectivity index (χ0n) is 12.1. The molecule has 0 bridgehead atoms. The molecule has 4 heteroatoms. The monoisotopic (exact) mass is 275 g/mol. The fraction of sp³-hybridized carbons (Fsp3) is 0.500. The van der Waals surface area contributed by atoms with Crippen LogP contribution in [0.15, 0.2) is 30.3 Å². The van der Waals surface area contributed by atoms with Crippen molar-refractivity contribution in [2.24, 2.45) is 5.41 Å². The molecule has 1 atom stereocenters.